The lowest BCUT2D eigenvalue weighted by Gasteiger charge is -2.27. The number of amidine groups is 1. The molecule has 2 atom stereocenters. The van der Waals surface area contributed by atoms with Crippen LogP contribution in [0.3, 0.4) is 0 Å². The van der Waals surface area contributed by atoms with Gasteiger partial charge in [0.25, 0.3) is 5.91 Å². The summed E-state index contributed by atoms with van der Waals surface area (Å²) in [6.45, 7) is 1.37. The smallest absolute Gasteiger partial charge is 0.337 e. The molecule has 0 aliphatic carbocycles. The summed E-state index contributed by atoms with van der Waals surface area (Å²) in [6, 6.07) is 8.24. The molecular weight excluding hydrogens is 542 g/mol. The number of carboxylic acids is 1. The second-order valence-electron chi connectivity index (χ2n) is 9.51. The van der Waals surface area contributed by atoms with Crippen LogP contribution in [-0.4, -0.2) is 71.4 Å². The van der Waals surface area contributed by atoms with E-state index in [0.717, 1.165) is 4.90 Å². The van der Waals surface area contributed by atoms with E-state index in [9.17, 15) is 24.3 Å². The van der Waals surface area contributed by atoms with Gasteiger partial charge in [-0.05, 0) is 54.3 Å². The van der Waals surface area contributed by atoms with Gasteiger partial charge in [-0.3, -0.25) is 19.4 Å². The van der Waals surface area contributed by atoms with Gasteiger partial charge < -0.3 is 25.7 Å². The van der Waals surface area contributed by atoms with Gasteiger partial charge in [-0.25, -0.2) is 9.59 Å². The van der Waals surface area contributed by atoms with Crippen LogP contribution >= 0.6 is 11.6 Å². The Kier molecular flexibility index (Phi) is 8.78. The highest BCUT2D eigenvalue weighted by Gasteiger charge is 2.41. The Balaban J connectivity index is 1.65. The molecule has 2 aliphatic heterocycles. The van der Waals surface area contributed by atoms with Crippen molar-refractivity contribution in [2.75, 3.05) is 32.5 Å². The number of nitrogen functional groups attached to an aromatic ring is 1. The first-order valence-electron chi connectivity index (χ1n) is 12.7. The van der Waals surface area contributed by atoms with Gasteiger partial charge in [-0.2, -0.15) is 0 Å². The zero-order valence-corrected chi connectivity index (χ0v) is 22.8. The van der Waals surface area contributed by atoms with Crippen molar-refractivity contribution in [3.8, 4) is 5.75 Å². The molecular formula is C27H30ClN5O7. The topological polar surface area (TPSA) is 164 Å². The Morgan fingerprint density at radius 2 is 2.05 bits per heavy atom. The number of hydrogen-bond acceptors (Lipinski definition) is 8. The van der Waals surface area contributed by atoms with Gasteiger partial charge in [0.2, 0.25) is 5.91 Å². The summed E-state index contributed by atoms with van der Waals surface area (Å²) in [4.78, 5) is 59.0. The van der Waals surface area contributed by atoms with E-state index in [-0.39, 0.29) is 49.1 Å². The minimum Gasteiger partial charge on any atom is -0.496 e. The number of urea groups is 1. The van der Waals surface area contributed by atoms with Crippen molar-refractivity contribution in [2.24, 2.45) is 11.1 Å². The first kappa shape index (κ1) is 28.7. The number of nitrogens with two attached hydrogens (primary N) is 1. The zero-order valence-electron chi connectivity index (χ0n) is 22.1. The van der Waals surface area contributed by atoms with E-state index in [2.05, 4.69) is 10.5 Å². The lowest BCUT2D eigenvalue weighted by Crippen LogP contribution is -2.49. The molecule has 0 radical (unpaired) electrons. The predicted molar refractivity (Wildman–Crippen MR) is 146 cm³/mol. The standard InChI is InChI=1S/C27H30ClN5O7/c1-3-4-21(15-5-7-19(26(36)37)20(29)11-15)30-27(38)33-13-23-31-40-14-24(34)32(23)12-17(25(33)35)9-16-10-18(28)6-8-22(16)39-2/h5-8,10-11,17,21H,3-4,9,12-14,29H2,1-2H3,(H,30,38)(H,36,37)/t17?,21-/m1/s1. The van der Waals surface area contributed by atoms with Crippen LogP contribution in [0.15, 0.2) is 41.6 Å². The summed E-state index contributed by atoms with van der Waals surface area (Å²) in [6.07, 6.45) is 1.33. The molecule has 2 aromatic carbocycles. The molecule has 4 amide bonds. The van der Waals surface area contributed by atoms with Crippen LogP contribution in [0.5, 0.6) is 5.75 Å². The monoisotopic (exact) mass is 571 g/mol. The summed E-state index contributed by atoms with van der Waals surface area (Å²) >= 11 is 6.20. The largest absolute Gasteiger partial charge is 0.496 e. The number of benzene rings is 2. The molecule has 12 nitrogen and oxygen atoms in total. The number of imide groups is 1. The second kappa shape index (κ2) is 12.2. The Bertz CT molecular complexity index is 1360. The van der Waals surface area contributed by atoms with Crippen molar-refractivity contribution >= 4 is 46.9 Å². The van der Waals surface area contributed by atoms with Gasteiger partial charge in [0.1, 0.15) is 5.75 Å². The Morgan fingerprint density at radius 1 is 1.27 bits per heavy atom. The van der Waals surface area contributed by atoms with Crippen molar-refractivity contribution in [3.63, 3.8) is 0 Å². The van der Waals surface area contributed by atoms with Crippen molar-refractivity contribution in [3.05, 3.63) is 58.1 Å². The van der Waals surface area contributed by atoms with Crippen LogP contribution in [-0.2, 0) is 20.8 Å². The number of halogens is 1. The number of methoxy groups -OCH3 is 1. The molecule has 0 bridgehead atoms. The van der Waals surface area contributed by atoms with Crippen LogP contribution in [0.2, 0.25) is 5.02 Å². The van der Waals surface area contributed by atoms with E-state index in [4.69, 9.17) is 26.9 Å². The molecule has 1 unspecified atom stereocenters. The van der Waals surface area contributed by atoms with Crippen LogP contribution in [0.1, 0.15) is 47.3 Å². The number of nitrogens with zero attached hydrogens (tertiary/aromatic N) is 3. The highest BCUT2D eigenvalue weighted by Crippen LogP contribution is 2.29. The first-order valence-corrected chi connectivity index (χ1v) is 13.1. The number of carbonyl (C=O) groups is 4. The average Bonchev–Trinajstić information content (AvgIpc) is 3.05. The highest BCUT2D eigenvalue weighted by atomic mass is 35.5. The number of fused-ring (bicyclic) bond motifs is 1. The molecule has 212 valence electrons. The van der Waals surface area contributed by atoms with E-state index in [1.807, 2.05) is 6.92 Å². The average molecular weight is 572 g/mol. The third-order valence-corrected chi connectivity index (χ3v) is 7.06. The Labute approximate surface area is 235 Å². The molecule has 4 rings (SSSR count). The molecule has 4 N–H and O–H groups in total. The van der Waals surface area contributed by atoms with Gasteiger partial charge in [0, 0.05) is 17.3 Å². The van der Waals surface area contributed by atoms with Crippen LogP contribution < -0.4 is 15.8 Å². The number of anilines is 1. The van der Waals surface area contributed by atoms with Crippen molar-refractivity contribution in [1.82, 2.24) is 15.1 Å². The van der Waals surface area contributed by atoms with Gasteiger partial charge in [0.05, 0.1) is 31.2 Å². The number of carbonyl (C=O) groups excluding carboxylic acids is 3. The lowest BCUT2D eigenvalue weighted by molar-refractivity contribution is -0.135. The summed E-state index contributed by atoms with van der Waals surface area (Å²) in [5.41, 5.74) is 7.19. The Morgan fingerprint density at radius 3 is 2.73 bits per heavy atom. The number of ether oxygens (including phenoxy) is 1. The Hall–Kier alpha value is -4.32. The summed E-state index contributed by atoms with van der Waals surface area (Å²) in [5.74, 6) is -2.20. The van der Waals surface area contributed by atoms with E-state index >= 15 is 0 Å². The fraction of sp³-hybridized carbons (Fsp3) is 0.370. The highest BCUT2D eigenvalue weighted by molar-refractivity contribution is 6.30. The van der Waals surface area contributed by atoms with Gasteiger partial charge in [-0.15, -0.1) is 0 Å². The fourth-order valence-corrected chi connectivity index (χ4v) is 5.01. The number of oxime groups is 1. The number of hydrogen-bond donors (Lipinski definition) is 3. The van der Waals surface area contributed by atoms with E-state index < -0.39 is 29.9 Å². The molecule has 0 aromatic heterocycles. The summed E-state index contributed by atoms with van der Waals surface area (Å²) < 4.78 is 5.44. The van der Waals surface area contributed by atoms with Crippen LogP contribution in [0, 0.1) is 5.92 Å². The SMILES string of the molecule is CCC[C@@H](NC(=O)N1CC2=NOCC(=O)N2CC(Cc2cc(Cl)ccc2OC)C1=O)c1ccc(C(=O)O)c(N)c1. The van der Waals surface area contributed by atoms with Gasteiger partial charge in [-0.1, -0.05) is 36.2 Å². The van der Waals surface area contributed by atoms with E-state index in [1.54, 1.807) is 24.3 Å². The summed E-state index contributed by atoms with van der Waals surface area (Å²) in [7, 11) is 1.50. The molecule has 1 saturated heterocycles. The van der Waals surface area contributed by atoms with Gasteiger partial charge >= 0.3 is 12.0 Å². The van der Waals surface area contributed by atoms with E-state index in [0.29, 0.717) is 34.7 Å². The predicted octanol–water partition coefficient (Wildman–Crippen LogP) is 3.05. The molecule has 2 aliphatic rings. The third kappa shape index (κ3) is 6.12. The maximum absolute atomic E-state index is 13.8. The normalized spacial score (nSPS) is 17.8. The van der Waals surface area contributed by atoms with Gasteiger partial charge in [0.15, 0.2) is 12.4 Å². The van der Waals surface area contributed by atoms with Crippen LogP contribution in [0.4, 0.5) is 10.5 Å². The van der Waals surface area contributed by atoms with E-state index in [1.165, 1.54) is 24.1 Å². The molecule has 0 saturated carbocycles. The number of carboxylic acid groups (broad SMARTS) is 1. The molecule has 13 heteroatoms. The molecule has 40 heavy (non-hydrogen) atoms. The lowest BCUT2D eigenvalue weighted by atomic mass is 9.96. The zero-order chi connectivity index (χ0) is 29.0. The molecule has 2 aromatic rings. The van der Waals surface area contributed by atoms with Crippen molar-refractivity contribution in [1.29, 1.82) is 0 Å². The number of nitrogens with one attached hydrogen (secondary N) is 1. The maximum Gasteiger partial charge on any atom is 0.337 e. The fourth-order valence-electron chi connectivity index (χ4n) is 4.82. The summed E-state index contributed by atoms with van der Waals surface area (Å²) in [5, 5.41) is 16.6. The molecule has 0 spiro atoms. The molecule has 2 heterocycles. The minimum atomic E-state index is -1.16. The quantitative estimate of drug-likeness (QED) is 0.407. The van der Waals surface area contributed by atoms with Crippen molar-refractivity contribution in [2.45, 2.75) is 32.2 Å². The third-order valence-electron chi connectivity index (χ3n) is 6.83. The minimum absolute atomic E-state index is 0.00905. The number of rotatable bonds is 8. The van der Waals surface area contributed by atoms with Crippen molar-refractivity contribution < 1.29 is 33.9 Å². The number of amides is 4. The number of aromatic carboxylic acids is 1. The maximum atomic E-state index is 13.8. The molecule has 1 fully saturated rings. The second-order valence-corrected chi connectivity index (χ2v) is 9.95. The first-order chi connectivity index (χ1) is 19.1. The van der Waals surface area contributed by atoms with Crippen LogP contribution in [0.25, 0.3) is 0 Å².